The van der Waals surface area contributed by atoms with E-state index in [2.05, 4.69) is 149 Å². The molecule has 1 spiro atoms. The summed E-state index contributed by atoms with van der Waals surface area (Å²) in [6.07, 6.45) is 11.0. The molecule has 2 nitrogen and oxygen atoms in total. The molecule has 3 heteroatoms. The quantitative estimate of drug-likeness (QED) is 0.177. The van der Waals surface area contributed by atoms with Crippen LogP contribution in [-0.4, -0.2) is 4.98 Å². The average molecular weight is 713 g/mol. The van der Waals surface area contributed by atoms with Gasteiger partial charge in [-0.2, -0.15) is 0 Å². The number of rotatable bonds is 5. The third-order valence-corrected chi connectivity index (χ3v) is 14.9. The molecule has 2 aromatic heterocycles. The van der Waals surface area contributed by atoms with Gasteiger partial charge in [-0.15, -0.1) is 11.3 Å². The van der Waals surface area contributed by atoms with Crippen molar-refractivity contribution in [1.82, 2.24) is 4.98 Å². The number of nitrogens with zero attached hydrogens (tertiary/aromatic N) is 2. The number of hydrogen-bond acceptors (Lipinski definition) is 3. The van der Waals surface area contributed by atoms with Crippen LogP contribution in [-0.2, 0) is 5.41 Å². The summed E-state index contributed by atoms with van der Waals surface area (Å²) in [4.78, 5) is 6.92. The van der Waals surface area contributed by atoms with Crippen molar-refractivity contribution in [2.45, 2.75) is 37.5 Å². The molecule has 13 rings (SSSR count). The van der Waals surface area contributed by atoms with Crippen molar-refractivity contribution in [1.29, 1.82) is 0 Å². The highest BCUT2D eigenvalue weighted by molar-refractivity contribution is 7.26. The monoisotopic (exact) mass is 712 g/mol. The van der Waals surface area contributed by atoms with Gasteiger partial charge in [-0.25, -0.2) is 0 Å². The lowest BCUT2D eigenvalue weighted by molar-refractivity contribution is -0.0399. The second kappa shape index (κ2) is 11.7. The van der Waals surface area contributed by atoms with Gasteiger partial charge in [0.2, 0.25) is 0 Å². The van der Waals surface area contributed by atoms with Crippen LogP contribution in [0.2, 0.25) is 0 Å². The molecule has 54 heavy (non-hydrogen) atoms. The molecule has 0 saturated heterocycles. The average Bonchev–Trinajstić information content (AvgIpc) is 3.75. The van der Waals surface area contributed by atoms with Crippen molar-refractivity contribution in [3.05, 3.63) is 169 Å². The molecule has 6 aromatic carbocycles. The van der Waals surface area contributed by atoms with Crippen LogP contribution in [0.3, 0.4) is 0 Å². The van der Waals surface area contributed by atoms with Crippen molar-refractivity contribution in [3.63, 3.8) is 0 Å². The predicted molar refractivity (Wildman–Crippen MR) is 226 cm³/mol. The first-order valence-electron chi connectivity index (χ1n) is 19.8. The second-order valence-electron chi connectivity index (χ2n) is 16.4. The molecule has 0 unspecified atom stereocenters. The van der Waals surface area contributed by atoms with Gasteiger partial charge in [-0.1, -0.05) is 97.1 Å². The first-order valence-corrected chi connectivity index (χ1v) is 20.6. The van der Waals surface area contributed by atoms with E-state index in [1.165, 1.54) is 91.3 Å². The van der Waals surface area contributed by atoms with Crippen LogP contribution in [0.5, 0.6) is 0 Å². The van der Waals surface area contributed by atoms with Crippen LogP contribution in [0.25, 0.3) is 53.6 Å². The van der Waals surface area contributed by atoms with E-state index in [1.807, 2.05) is 29.8 Å². The molecular formula is C51H40N2S. The van der Waals surface area contributed by atoms with Crippen molar-refractivity contribution in [2.24, 2.45) is 23.7 Å². The standard InChI is InChI=1S/C51H40N2S/c1-3-13-45-42(11-1)43-22-21-37(30-46(43)51(45)38-25-32-24-33(27-38)28-39(51)26-32)35-19-17-34(18-20-35)36-8-5-9-40(29-36)53(41-10-7-23-52-31-41)47-14-6-16-49-50(47)44-12-2-4-15-48(44)54-49/h1-23,29-33,38-39H,24-28H2. The van der Waals surface area contributed by atoms with Crippen LogP contribution in [0.15, 0.2) is 158 Å². The summed E-state index contributed by atoms with van der Waals surface area (Å²) in [6, 6.07) is 54.8. The summed E-state index contributed by atoms with van der Waals surface area (Å²) in [6.45, 7) is 0. The number of pyridine rings is 1. The van der Waals surface area contributed by atoms with E-state index < -0.39 is 0 Å². The van der Waals surface area contributed by atoms with Gasteiger partial charge >= 0.3 is 0 Å². The first kappa shape index (κ1) is 30.9. The Morgan fingerprint density at radius 2 is 1.19 bits per heavy atom. The smallest absolute Gasteiger partial charge is 0.0645 e. The van der Waals surface area contributed by atoms with Gasteiger partial charge in [0, 0.05) is 37.5 Å². The molecular weight excluding hydrogens is 673 g/mol. The Hall–Kier alpha value is -5.51. The van der Waals surface area contributed by atoms with Crippen molar-refractivity contribution in [3.8, 4) is 33.4 Å². The summed E-state index contributed by atoms with van der Waals surface area (Å²) in [5.74, 6) is 3.45. The van der Waals surface area contributed by atoms with Crippen LogP contribution in [0.1, 0.15) is 43.2 Å². The Morgan fingerprint density at radius 1 is 0.519 bits per heavy atom. The molecule has 4 bridgehead atoms. The number of aromatic nitrogens is 1. The number of thiophene rings is 1. The van der Waals surface area contributed by atoms with Crippen molar-refractivity contribution < 1.29 is 0 Å². The fourth-order valence-corrected chi connectivity index (χ4v) is 13.0. The molecule has 5 aliphatic carbocycles. The maximum atomic E-state index is 4.55. The van der Waals surface area contributed by atoms with Gasteiger partial charge in [0.05, 0.1) is 17.6 Å². The zero-order chi connectivity index (χ0) is 35.4. The van der Waals surface area contributed by atoms with Gasteiger partial charge in [0.1, 0.15) is 0 Å². The Bertz CT molecular complexity index is 2710. The highest BCUT2D eigenvalue weighted by atomic mass is 32.1. The SMILES string of the molecule is c1cncc(N(c2cccc(-c3ccc(-c4ccc5c(c4)C4(c6ccccc6-5)C5CC6CC(C5)CC4C6)cc3)c2)c2cccc3sc4ccccc4c23)c1. The minimum atomic E-state index is 0.190. The lowest BCUT2D eigenvalue weighted by atomic mass is 9.43. The van der Waals surface area contributed by atoms with E-state index in [1.54, 1.807) is 11.1 Å². The molecule has 8 aromatic rings. The number of benzene rings is 6. The molecule has 0 aliphatic heterocycles. The molecule has 0 radical (unpaired) electrons. The van der Waals surface area contributed by atoms with Gasteiger partial charge in [-0.05, 0) is 149 Å². The minimum absolute atomic E-state index is 0.190. The van der Waals surface area contributed by atoms with Crippen LogP contribution in [0.4, 0.5) is 17.1 Å². The number of anilines is 3. The Kier molecular flexibility index (Phi) is 6.72. The molecule has 5 aliphatic rings. The van der Waals surface area contributed by atoms with Crippen LogP contribution < -0.4 is 4.90 Å². The third kappa shape index (κ3) is 4.42. The van der Waals surface area contributed by atoms with E-state index in [0.29, 0.717) is 0 Å². The molecule has 2 heterocycles. The van der Waals surface area contributed by atoms with Gasteiger partial charge in [0.25, 0.3) is 0 Å². The van der Waals surface area contributed by atoms with Gasteiger partial charge in [0.15, 0.2) is 0 Å². The minimum Gasteiger partial charge on any atom is -0.308 e. The highest BCUT2D eigenvalue weighted by Gasteiger charge is 2.61. The Balaban J connectivity index is 0.928. The normalized spacial score (nSPS) is 23.3. The highest BCUT2D eigenvalue weighted by Crippen LogP contribution is 2.69. The lowest BCUT2D eigenvalue weighted by Crippen LogP contribution is -2.55. The molecule has 0 amide bonds. The van der Waals surface area contributed by atoms with Crippen molar-refractivity contribution in [2.75, 3.05) is 4.90 Å². The molecule has 0 N–H and O–H groups in total. The van der Waals surface area contributed by atoms with Gasteiger partial charge in [-0.3, -0.25) is 4.98 Å². The maximum absolute atomic E-state index is 4.55. The van der Waals surface area contributed by atoms with E-state index in [4.69, 9.17) is 0 Å². The fraction of sp³-hybridized carbons (Fsp3) is 0.196. The molecule has 0 atom stereocenters. The lowest BCUT2D eigenvalue weighted by Gasteiger charge is -2.61. The summed E-state index contributed by atoms with van der Waals surface area (Å²) in [5, 5.41) is 2.57. The maximum Gasteiger partial charge on any atom is 0.0645 e. The molecule has 4 fully saturated rings. The summed E-state index contributed by atoms with van der Waals surface area (Å²) in [7, 11) is 0. The van der Waals surface area contributed by atoms with Gasteiger partial charge < -0.3 is 4.90 Å². The summed E-state index contributed by atoms with van der Waals surface area (Å²) in [5.41, 5.74) is 14.8. The fourth-order valence-electron chi connectivity index (χ4n) is 11.9. The Labute approximate surface area is 320 Å². The van der Waals surface area contributed by atoms with Crippen molar-refractivity contribution >= 4 is 48.6 Å². The molecule has 4 saturated carbocycles. The zero-order valence-electron chi connectivity index (χ0n) is 30.2. The summed E-state index contributed by atoms with van der Waals surface area (Å²) >= 11 is 1.86. The first-order chi connectivity index (χ1) is 26.7. The van der Waals surface area contributed by atoms with E-state index in [-0.39, 0.29) is 5.41 Å². The third-order valence-electron chi connectivity index (χ3n) is 13.7. The van der Waals surface area contributed by atoms with Crippen LogP contribution >= 0.6 is 11.3 Å². The number of fused-ring (bicyclic) bond motifs is 6. The van der Waals surface area contributed by atoms with E-state index in [9.17, 15) is 0 Å². The predicted octanol–water partition coefficient (Wildman–Crippen LogP) is 14.0. The zero-order valence-corrected chi connectivity index (χ0v) is 31.0. The van der Waals surface area contributed by atoms with E-state index in [0.717, 1.165) is 35.0 Å². The van der Waals surface area contributed by atoms with Crippen LogP contribution in [0, 0.1) is 23.7 Å². The van der Waals surface area contributed by atoms with E-state index >= 15 is 0 Å². The molecule has 260 valence electrons. The number of hydrogen-bond donors (Lipinski definition) is 0. The Morgan fingerprint density at radius 3 is 1.98 bits per heavy atom. The largest absolute Gasteiger partial charge is 0.308 e. The topological polar surface area (TPSA) is 16.1 Å². The summed E-state index contributed by atoms with van der Waals surface area (Å²) < 4.78 is 2.60. The second-order valence-corrected chi connectivity index (χ2v) is 17.5.